The molecule has 0 atom stereocenters. The second-order valence-electron chi connectivity index (χ2n) is 18.0. The van der Waals surface area contributed by atoms with Crippen molar-refractivity contribution in [1.29, 1.82) is 0 Å². The van der Waals surface area contributed by atoms with Gasteiger partial charge in [-0.25, -0.2) is 0 Å². The third kappa shape index (κ3) is 9.26. The van der Waals surface area contributed by atoms with Gasteiger partial charge in [0.1, 0.15) is 16.7 Å². The van der Waals surface area contributed by atoms with E-state index in [9.17, 15) is 0 Å². The smallest absolute Gasteiger partial charge is 0.501 e. The Hall–Kier alpha value is -9.52. The van der Waals surface area contributed by atoms with E-state index in [1.54, 1.807) is 0 Å². The van der Waals surface area contributed by atoms with Crippen LogP contribution in [0.2, 0.25) is 0 Å². The van der Waals surface area contributed by atoms with Crippen LogP contribution in [0.3, 0.4) is 0 Å². The minimum Gasteiger partial charge on any atom is -0.501 e. The fourth-order valence-corrected chi connectivity index (χ4v) is 9.77. The molecule has 0 aliphatic carbocycles. The predicted molar refractivity (Wildman–Crippen MR) is 304 cm³/mol. The van der Waals surface area contributed by atoms with E-state index in [1.807, 2.05) is 182 Å². The van der Waals surface area contributed by atoms with E-state index in [2.05, 4.69) is 106 Å². The monoisotopic (exact) mass is 1150 g/mol. The Balaban J connectivity index is 0.000000114. The van der Waals surface area contributed by atoms with Gasteiger partial charge in [0.25, 0.3) is 0 Å². The Bertz CT molecular complexity index is 4030. The second-order valence-corrected chi connectivity index (χ2v) is 18.0. The van der Waals surface area contributed by atoms with Crippen molar-refractivity contribution in [3.63, 3.8) is 0 Å². The van der Waals surface area contributed by atoms with Crippen LogP contribution in [0.15, 0.2) is 268 Å². The zero-order chi connectivity index (χ0) is 49.9. The minimum atomic E-state index is 0. The number of furan rings is 3. The van der Waals surface area contributed by atoms with Crippen LogP contribution < -0.4 is 0 Å². The fourth-order valence-electron chi connectivity index (χ4n) is 9.77. The van der Waals surface area contributed by atoms with E-state index in [1.165, 1.54) is 16.7 Å². The Morgan fingerprint density at radius 3 is 0.842 bits per heavy atom. The molecule has 0 radical (unpaired) electrons. The molecule has 9 aromatic carbocycles. The van der Waals surface area contributed by atoms with Gasteiger partial charge in [0.2, 0.25) is 0 Å². The number of nitrogens with zero attached hydrogens (tertiary/aromatic N) is 3. The van der Waals surface area contributed by atoms with E-state index < -0.39 is 0 Å². The molecule has 7 heteroatoms. The molecular weight excluding hydrogens is 1110 g/mol. The average Bonchev–Trinajstić information content (AvgIpc) is 4.22. The summed E-state index contributed by atoms with van der Waals surface area (Å²) in [6, 6.07) is 89.5. The number of hydrogen-bond acceptors (Lipinski definition) is 6. The molecule has 6 aromatic heterocycles. The van der Waals surface area contributed by atoms with Gasteiger partial charge in [0.15, 0.2) is 0 Å². The maximum atomic E-state index is 6.11. The van der Waals surface area contributed by atoms with E-state index in [4.69, 9.17) is 13.3 Å². The van der Waals surface area contributed by atoms with Gasteiger partial charge in [-0.1, -0.05) is 197 Å². The Labute approximate surface area is 452 Å². The molecule has 0 saturated heterocycles. The van der Waals surface area contributed by atoms with Crippen LogP contribution in [0.4, 0.5) is 0 Å². The molecule has 0 amide bonds. The van der Waals surface area contributed by atoms with Crippen molar-refractivity contribution in [1.82, 2.24) is 15.0 Å². The van der Waals surface area contributed by atoms with Gasteiger partial charge < -0.3 is 28.2 Å². The van der Waals surface area contributed by atoms with Crippen LogP contribution in [0, 0.1) is 18.2 Å². The quantitative estimate of drug-likeness (QED) is 0.154. The van der Waals surface area contributed by atoms with Crippen molar-refractivity contribution in [2.75, 3.05) is 0 Å². The summed E-state index contributed by atoms with van der Waals surface area (Å²) < 4.78 is 18.3. The number of fused-ring (bicyclic) bond motifs is 9. The van der Waals surface area contributed by atoms with Gasteiger partial charge in [-0.15, -0.1) is 54.6 Å². The van der Waals surface area contributed by atoms with Crippen LogP contribution >= 0.6 is 0 Å². The summed E-state index contributed by atoms with van der Waals surface area (Å²) in [4.78, 5) is 13.7. The van der Waals surface area contributed by atoms with Gasteiger partial charge in [-0.2, -0.15) is 0 Å². The maximum absolute atomic E-state index is 6.11. The zero-order valence-corrected chi connectivity index (χ0v) is 43.0. The molecule has 6 nitrogen and oxygen atoms in total. The molecule has 76 heavy (non-hydrogen) atoms. The van der Waals surface area contributed by atoms with Gasteiger partial charge in [-0.3, -0.25) is 0 Å². The minimum absolute atomic E-state index is 0. The van der Waals surface area contributed by atoms with Crippen molar-refractivity contribution in [3.05, 3.63) is 273 Å². The molecule has 6 heterocycles. The summed E-state index contributed by atoms with van der Waals surface area (Å²) in [6.45, 7) is 0. The van der Waals surface area contributed by atoms with E-state index in [0.717, 1.165) is 116 Å². The molecule has 0 spiro atoms. The molecule has 0 aliphatic heterocycles. The summed E-state index contributed by atoms with van der Waals surface area (Å²) >= 11 is 0. The Morgan fingerprint density at radius 2 is 0.539 bits per heavy atom. The fraction of sp³-hybridized carbons (Fsp3) is 0. The van der Waals surface area contributed by atoms with Gasteiger partial charge in [0.05, 0.1) is 16.7 Å². The number of para-hydroxylation sites is 3. The number of aromatic nitrogens is 3. The van der Waals surface area contributed by atoms with Crippen molar-refractivity contribution < 1.29 is 33.4 Å². The van der Waals surface area contributed by atoms with E-state index in [-0.39, 0.29) is 20.1 Å². The van der Waals surface area contributed by atoms with Gasteiger partial charge >= 0.3 is 20.1 Å². The largest absolute Gasteiger partial charge is 3.00 e. The molecule has 15 rings (SSSR count). The summed E-state index contributed by atoms with van der Waals surface area (Å²) in [5, 5.41) is 6.63. The standard InChI is InChI=1S/3C23H14NO.Ir/c3*1-2-7-16(8-3-1)17-13-14-24-21(15-17)20-11-6-10-19-18-9-4-5-12-22(18)25-23(19)20;/h3*1-10,12-15H;/q3*-1;+3. The van der Waals surface area contributed by atoms with Crippen LogP contribution in [0.25, 0.3) is 133 Å². The molecule has 360 valence electrons. The van der Waals surface area contributed by atoms with Crippen molar-refractivity contribution in [2.24, 2.45) is 0 Å². The summed E-state index contributed by atoms with van der Waals surface area (Å²) in [6.07, 6.45) is 5.52. The third-order valence-corrected chi connectivity index (χ3v) is 13.4. The Morgan fingerprint density at radius 1 is 0.263 bits per heavy atom. The van der Waals surface area contributed by atoms with Crippen LogP contribution in [0.1, 0.15) is 0 Å². The topological polar surface area (TPSA) is 78.1 Å². The second kappa shape index (κ2) is 21.1. The molecule has 0 aliphatic rings. The molecule has 0 unspecified atom stereocenters. The number of benzene rings is 9. The molecular formula is C69H42IrN3O3. The first kappa shape index (κ1) is 47.5. The molecule has 0 bridgehead atoms. The summed E-state index contributed by atoms with van der Waals surface area (Å²) in [5.74, 6) is 0. The average molecular weight is 1150 g/mol. The van der Waals surface area contributed by atoms with Crippen molar-refractivity contribution in [3.8, 4) is 67.2 Å². The van der Waals surface area contributed by atoms with Crippen molar-refractivity contribution >= 4 is 65.8 Å². The number of pyridine rings is 3. The molecule has 0 N–H and O–H groups in total. The van der Waals surface area contributed by atoms with Crippen LogP contribution in [0.5, 0.6) is 0 Å². The maximum Gasteiger partial charge on any atom is 3.00 e. The van der Waals surface area contributed by atoms with Crippen LogP contribution in [-0.2, 0) is 20.1 Å². The predicted octanol–water partition coefficient (Wildman–Crippen LogP) is 18.3. The first-order chi connectivity index (χ1) is 37.2. The summed E-state index contributed by atoms with van der Waals surface area (Å²) in [7, 11) is 0. The molecule has 15 aromatic rings. The number of rotatable bonds is 6. The van der Waals surface area contributed by atoms with Crippen molar-refractivity contribution in [2.45, 2.75) is 0 Å². The Kier molecular flexibility index (Phi) is 13.2. The molecule has 0 fully saturated rings. The zero-order valence-electron chi connectivity index (χ0n) is 40.6. The van der Waals surface area contributed by atoms with E-state index in [0.29, 0.717) is 0 Å². The SMILES string of the molecule is [Ir+3].[c-]1ccc2c(oc3ccccc32)c1-c1cc(-c2ccccc2)ccn1.[c-]1ccc2c(oc3ccccc32)c1-c1cc(-c2ccccc2)ccn1.[c-]1ccc2c(oc3ccccc32)c1-c1cc(-c2ccccc2)ccn1. The first-order valence-electron chi connectivity index (χ1n) is 24.7. The normalized spacial score (nSPS) is 11.1. The summed E-state index contributed by atoms with van der Waals surface area (Å²) in [5.41, 5.74) is 17.4. The third-order valence-electron chi connectivity index (χ3n) is 13.4. The van der Waals surface area contributed by atoms with Gasteiger partial charge in [0, 0.05) is 34.7 Å². The number of hydrogen-bond donors (Lipinski definition) is 0. The first-order valence-corrected chi connectivity index (χ1v) is 24.7. The molecule has 0 saturated carbocycles. The van der Waals surface area contributed by atoms with Gasteiger partial charge in [-0.05, 0) is 86.9 Å². The van der Waals surface area contributed by atoms with E-state index >= 15 is 0 Å². The van der Waals surface area contributed by atoms with Crippen LogP contribution in [-0.4, -0.2) is 15.0 Å².